The molecule has 0 spiro atoms. The second-order valence-electron chi connectivity index (χ2n) is 7.78. The zero-order valence-corrected chi connectivity index (χ0v) is 19.5. The van der Waals surface area contributed by atoms with Crippen molar-refractivity contribution >= 4 is 35.1 Å². The normalized spacial score (nSPS) is 21.5. The number of nitrogens with zero attached hydrogens (tertiary/aromatic N) is 2. The fraction of sp³-hybridized carbons (Fsp3) is 0.240. The van der Waals surface area contributed by atoms with Gasteiger partial charge in [-0.25, -0.2) is 0 Å². The monoisotopic (exact) mass is 484 g/mol. The van der Waals surface area contributed by atoms with E-state index in [0.717, 1.165) is 11.1 Å². The summed E-state index contributed by atoms with van der Waals surface area (Å²) in [4.78, 5) is 31.1. The van der Waals surface area contributed by atoms with Crippen LogP contribution in [-0.4, -0.2) is 34.9 Å². The first kappa shape index (κ1) is 23.2. The standard InChI is InChI=1S/C25H22Cl2N2O4/c1-15(30)32-23(18-11-13-28-14-12-18)24-25(31)29(2)21(16-3-7-19(26)8-4-16)22(33-24)17-5-9-20(27)10-6-17/h3-14,21-24H,1-2H3/t21-,22+,23?,24+/m1/s1. The topological polar surface area (TPSA) is 68.7 Å². The van der Waals surface area contributed by atoms with Gasteiger partial charge in [0.1, 0.15) is 6.10 Å². The van der Waals surface area contributed by atoms with Crippen LogP contribution in [0.25, 0.3) is 0 Å². The number of hydrogen-bond donors (Lipinski definition) is 0. The Kier molecular flexibility index (Phi) is 6.98. The average Bonchev–Trinajstić information content (AvgIpc) is 2.81. The van der Waals surface area contributed by atoms with E-state index in [1.54, 1.807) is 60.7 Å². The molecule has 1 unspecified atom stereocenters. The van der Waals surface area contributed by atoms with Crippen LogP contribution in [0.4, 0.5) is 0 Å². The first-order valence-electron chi connectivity index (χ1n) is 10.4. The highest BCUT2D eigenvalue weighted by Gasteiger charge is 2.47. The van der Waals surface area contributed by atoms with Crippen LogP contribution in [-0.2, 0) is 19.1 Å². The summed E-state index contributed by atoms with van der Waals surface area (Å²) in [5, 5.41) is 1.19. The van der Waals surface area contributed by atoms with Crippen LogP contribution < -0.4 is 0 Å². The molecular formula is C25H22Cl2N2O4. The fourth-order valence-electron chi connectivity index (χ4n) is 4.04. The molecule has 4 atom stereocenters. The van der Waals surface area contributed by atoms with Gasteiger partial charge in [-0.15, -0.1) is 0 Å². The average molecular weight is 485 g/mol. The number of benzene rings is 2. The lowest BCUT2D eigenvalue weighted by Gasteiger charge is -2.44. The van der Waals surface area contributed by atoms with Crippen LogP contribution >= 0.6 is 23.2 Å². The van der Waals surface area contributed by atoms with Gasteiger partial charge in [0.15, 0.2) is 12.2 Å². The molecule has 3 aromatic rings. The van der Waals surface area contributed by atoms with Crippen molar-refractivity contribution in [1.82, 2.24) is 9.88 Å². The molecule has 1 saturated heterocycles. The Balaban J connectivity index is 1.78. The minimum Gasteiger partial charge on any atom is -0.454 e. The fourth-order valence-corrected chi connectivity index (χ4v) is 4.29. The second kappa shape index (κ2) is 9.91. The number of rotatable bonds is 5. The lowest BCUT2D eigenvalue weighted by atomic mass is 9.90. The number of halogens is 2. The number of pyridine rings is 1. The molecule has 0 N–H and O–H groups in total. The van der Waals surface area contributed by atoms with Crippen LogP contribution in [0.2, 0.25) is 10.0 Å². The lowest BCUT2D eigenvalue weighted by molar-refractivity contribution is -0.193. The number of carbonyl (C=O) groups is 2. The second-order valence-corrected chi connectivity index (χ2v) is 8.66. The zero-order chi connectivity index (χ0) is 23.5. The van der Waals surface area contributed by atoms with E-state index in [1.165, 1.54) is 6.92 Å². The summed E-state index contributed by atoms with van der Waals surface area (Å²) in [7, 11) is 1.72. The molecule has 2 heterocycles. The summed E-state index contributed by atoms with van der Waals surface area (Å²) in [6, 6.07) is 17.5. The number of ether oxygens (including phenoxy) is 2. The molecular weight excluding hydrogens is 463 g/mol. The van der Waals surface area contributed by atoms with Gasteiger partial charge < -0.3 is 14.4 Å². The van der Waals surface area contributed by atoms with E-state index in [9.17, 15) is 9.59 Å². The molecule has 2 aromatic carbocycles. The minimum absolute atomic E-state index is 0.303. The summed E-state index contributed by atoms with van der Waals surface area (Å²) in [6.07, 6.45) is 0.634. The molecule has 0 saturated carbocycles. The van der Waals surface area contributed by atoms with Crippen molar-refractivity contribution in [2.45, 2.75) is 31.3 Å². The van der Waals surface area contributed by atoms with Crippen molar-refractivity contribution in [3.63, 3.8) is 0 Å². The highest BCUT2D eigenvalue weighted by atomic mass is 35.5. The summed E-state index contributed by atoms with van der Waals surface area (Å²) < 4.78 is 12.0. The van der Waals surface area contributed by atoms with Crippen molar-refractivity contribution in [2.24, 2.45) is 0 Å². The lowest BCUT2D eigenvalue weighted by Crippen LogP contribution is -2.51. The predicted molar refractivity (Wildman–Crippen MR) is 125 cm³/mol. The number of aromatic nitrogens is 1. The molecule has 1 aromatic heterocycles. The van der Waals surface area contributed by atoms with E-state index < -0.39 is 30.3 Å². The highest BCUT2D eigenvalue weighted by molar-refractivity contribution is 6.30. The van der Waals surface area contributed by atoms with Crippen LogP contribution in [0, 0.1) is 0 Å². The van der Waals surface area contributed by atoms with Gasteiger partial charge in [-0.2, -0.15) is 0 Å². The summed E-state index contributed by atoms with van der Waals surface area (Å²) >= 11 is 12.2. The van der Waals surface area contributed by atoms with Crippen LogP contribution in [0.5, 0.6) is 0 Å². The smallest absolute Gasteiger partial charge is 0.303 e. The molecule has 0 radical (unpaired) electrons. The van der Waals surface area contributed by atoms with Gasteiger partial charge in [0.2, 0.25) is 0 Å². The Morgan fingerprint density at radius 1 is 0.970 bits per heavy atom. The van der Waals surface area contributed by atoms with Crippen LogP contribution in [0.3, 0.4) is 0 Å². The maximum absolute atomic E-state index is 13.6. The van der Waals surface area contributed by atoms with Gasteiger partial charge >= 0.3 is 5.97 Å². The maximum atomic E-state index is 13.6. The first-order chi connectivity index (χ1) is 15.8. The third-order valence-electron chi connectivity index (χ3n) is 5.60. The largest absolute Gasteiger partial charge is 0.454 e. The molecule has 170 valence electrons. The Bertz CT molecular complexity index is 1120. The highest BCUT2D eigenvalue weighted by Crippen LogP contribution is 2.44. The molecule has 0 bridgehead atoms. The quantitative estimate of drug-likeness (QED) is 0.457. The van der Waals surface area contributed by atoms with Gasteiger partial charge in [-0.05, 0) is 53.1 Å². The van der Waals surface area contributed by atoms with Gasteiger partial charge in [0, 0.05) is 36.4 Å². The van der Waals surface area contributed by atoms with E-state index in [4.69, 9.17) is 32.7 Å². The first-order valence-corrected chi connectivity index (χ1v) is 11.1. The Morgan fingerprint density at radius 3 is 2.06 bits per heavy atom. The Labute approximate surface area is 202 Å². The summed E-state index contributed by atoms with van der Waals surface area (Å²) in [5.74, 6) is -0.818. The van der Waals surface area contributed by atoms with Gasteiger partial charge in [-0.1, -0.05) is 47.5 Å². The van der Waals surface area contributed by atoms with E-state index in [0.29, 0.717) is 15.6 Å². The van der Waals surface area contributed by atoms with Crippen molar-refractivity contribution in [1.29, 1.82) is 0 Å². The van der Waals surface area contributed by atoms with E-state index >= 15 is 0 Å². The molecule has 1 aliphatic rings. The van der Waals surface area contributed by atoms with Crippen molar-refractivity contribution in [3.8, 4) is 0 Å². The van der Waals surface area contributed by atoms with Gasteiger partial charge in [0.25, 0.3) is 5.91 Å². The molecule has 1 aliphatic heterocycles. The Hall–Kier alpha value is -2.93. The molecule has 33 heavy (non-hydrogen) atoms. The third kappa shape index (κ3) is 5.03. The molecule has 1 fully saturated rings. The maximum Gasteiger partial charge on any atom is 0.303 e. The Morgan fingerprint density at radius 2 is 1.52 bits per heavy atom. The van der Waals surface area contributed by atoms with Crippen LogP contribution in [0.15, 0.2) is 73.1 Å². The van der Waals surface area contributed by atoms with E-state index in [1.807, 2.05) is 24.3 Å². The molecule has 1 amide bonds. The van der Waals surface area contributed by atoms with Crippen molar-refractivity contribution in [3.05, 3.63) is 99.8 Å². The van der Waals surface area contributed by atoms with Gasteiger partial charge in [-0.3, -0.25) is 14.6 Å². The zero-order valence-electron chi connectivity index (χ0n) is 18.0. The molecule has 0 aliphatic carbocycles. The number of esters is 1. The summed E-state index contributed by atoms with van der Waals surface area (Å²) in [5.41, 5.74) is 2.31. The predicted octanol–water partition coefficient (Wildman–Crippen LogP) is 5.33. The SMILES string of the molecule is CC(=O)OC(c1ccncc1)[C@@H]1O[C@@H](c2ccc(Cl)cc2)[C@@H](c2ccc(Cl)cc2)N(C)C1=O. The number of morpholine rings is 1. The van der Waals surface area contributed by atoms with Crippen molar-refractivity contribution < 1.29 is 19.1 Å². The third-order valence-corrected chi connectivity index (χ3v) is 6.10. The molecule has 4 rings (SSSR count). The number of likely N-dealkylation sites (N-methyl/N-ethyl adjacent to an activating group) is 1. The van der Waals surface area contributed by atoms with E-state index in [2.05, 4.69) is 4.98 Å². The number of amides is 1. The van der Waals surface area contributed by atoms with Crippen LogP contribution in [0.1, 0.15) is 41.9 Å². The molecule has 6 nitrogen and oxygen atoms in total. The van der Waals surface area contributed by atoms with E-state index in [-0.39, 0.29) is 5.91 Å². The van der Waals surface area contributed by atoms with Crippen molar-refractivity contribution in [2.75, 3.05) is 7.05 Å². The minimum atomic E-state index is -1.05. The summed E-state index contributed by atoms with van der Waals surface area (Å²) in [6.45, 7) is 1.30. The molecule has 8 heteroatoms. The number of hydrogen-bond acceptors (Lipinski definition) is 5. The van der Waals surface area contributed by atoms with Gasteiger partial charge in [0.05, 0.1) is 6.04 Å². The number of carbonyl (C=O) groups excluding carboxylic acids is 2.